The summed E-state index contributed by atoms with van der Waals surface area (Å²) in [6.45, 7) is 1.24. The molecule has 26 heavy (non-hydrogen) atoms. The molecule has 2 aliphatic rings. The zero-order valence-electron chi connectivity index (χ0n) is 15.2. The first-order valence-electron chi connectivity index (χ1n) is 8.93. The van der Waals surface area contributed by atoms with Gasteiger partial charge in [-0.25, -0.2) is 0 Å². The largest absolute Gasteiger partial charge is 0.493 e. The third kappa shape index (κ3) is 2.72. The van der Waals surface area contributed by atoms with E-state index < -0.39 is 5.54 Å². The Balaban J connectivity index is 1.56. The van der Waals surface area contributed by atoms with Crippen molar-refractivity contribution in [1.82, 2.24) is 4.90 Å². The van der Waals surface area contributed by atoms with Gasteiger partial charge in [-0.05, 0) is 53.6 Å². The van der Waals surface area contributed by atoms with Gasteiger partial charge in [0, 0.05) is 13.1 Å². The van der Waals surface area contributed by atoms with Gasteiger partial charge in [-0.15, -0.1) is 0 Å². The van der Waals surface area contributed by atoms with Crippen molar-refractivity contribution in [2.75, 3.05) is 20.8 Å². The highest BCUT2D eigenvalue weighted by Gasteiger charge is 2.43. The SMILES string of the molecule is COc1cc2c(cc1OC)CN(C(=O)C1(N)Cc3ccccc3C1)CC2. The van der Waals surface area contributed by atoms with Gasteiger partial charge < -0.3 is 20.1 Å². The molecule has 2 aromatic carbocycles. The van der Waals surface area contributed by atoms with Crippen molar-refractivity contribution in [3.8, 4) is 11.5 Å². The van der Waals surface area contributed by atoms with E-state index in [2.05, 4.69) is 12.1 Å². The third-order valence-corrected chi connectivity index (χ3v) is 5.56. The Bertz CT molecular complexity index is 837. The van der Waals surface area contributed by atoms with Crippen LogP contribution in [0.3, 0.4) is 0 Å². The average molecular weight is 352 g/mol. The molecule has 2 aromatic rings. The lowest BCUT2D eigenvalue weighted by Gasteiger charge is -2.35. The quantitative estimate of drug-likeness (QED) is 0.919. The number of hydrogen-bond acceptors (Lipinski definition) is 4. The molecule has 4 rings (SSSR count). The molecular weight excluding hydrogens is 328 g/mol. The van der Waals surface area contributed by atoms with Crippen molar-refractivity contribution in [1.29, 1.82) is 0 Å². The number of carbonyl (C=O) groups is 1. The monoisotopic (exact) mass is 352 g/mol. The fraction of sp³-hybridized carbons (Fsp3) is 0.381. The molecule has 0 aromatic heterocycles. The van der Waals surface area contributed by atoms with Crippen LogP contribution in [0.2, 0.25) is 0 Å². The van der Waals surface area contributed by atoms with Crippen LogP contribution in [-0.4, -0.2) is 37.1 Å². The highest BCUT2D eigenvalue weighted by molar-refractivity contribution is 5.88. The number of rotatable bonds is 3. The zero-order chi connectivity index (χ0) is 18.3. The second kappa shape index (κ2) is 6.32. The Hall–Kier alpha value is -2.53. The van der Waals surface area contributed by atoms with Crippen molar-refractivity contribution in [2.45, 2.75) is 31.3 Å². The van der Waals surface area contributed by atoms with Crippen molar-refractivity contribution >= 4 is 5.91 Å². The predicted octanol–water partition coefficient (Wildman–Crippen LogP) is 2.08. The lowest BCUT2D eigenvalue weighted by atomic mass is 9.92. The molecule has 136 valence electrons. The average Bonchev–Trinajstić information content (AvgIpc) is 3.03. The summed E-state index contributed by atoms with van der Waals surface area (Å²) in [5.41, 5.74) is 10.4. The summed E-state index contributed by atoms with van der Waals surface area (Å²) < 4.78 is 10.8. The van der Waals surface area contributed by atoms with Gasteiger partial charge in [-0.3, -0.25) is 4.79 Å². The predicted molar refractivity (Wildman–Crippen MR) is 99.4 cm³/mol. The van der Waals surface area contributed by atoms with Gasteiger partial charge in [0.1, 0.15) is 5.54 Å². The van der Waals surface area contributed by atoms with Gasteiger partial charge in [0.25, 0.3) is 0 Å². The van der Waals surface area contributed by atoms with Gasteiger partial charge in [0.2, 0.25) is 5.91 Å². The lowest BCUT2D eigenvalue weighted by molar-refractivity contribution is -0.137. The summed E-state index contributed by atoms with van der Waals surface area (Å²) in [6, 6.07) is 12.1. The van der Waals surface area contributed by atoms with Crippen LogP contribution in [0.4, 0.5) is 0 Å². The van der Waals surface area contributed by atoms with Gasteiger partial charge >= 0.3 is 0 Å². The Morgan fingerprint density at radius 2 is 1.58 bits per heavy atom. The van der Waals surface area contributed by atoms with Crippen molar-refractivity contribution in [3.05, 3.63) is 58.7 Å². The smallest absolute Gasteiger partial charge is 0.243 e. The second-order valence-electron chi connectivity index (χ2n) is 7.23. The maximum absolute atomic E-state index is 13.2. The second-order valence-corrected chi connectivity index (χ2v) is 7.23. The molecule has 0 saturated carbocycles. The minimum atomic E-state index is -0.836. The van der Waals surface area contributed by atoms with Crippen LogP contribution in [0, 0.1) is 0 Å². The standard InChI is InChI=1S/C21H24N2O3/c1-25-18-9-14-7-8-23(13-17(14)10-19(18)26-2)20(24)21(22)11-15-5-3-4-6-16(15)12-21/h3-6,9-10H,7-8,11-13,22H2,1-2H3. The van der Waals surface area contributed by atoms with Crippen LogP contribution in [0.25, 0.3) is 0 Å². The number of nitrogens with two attached hydrogens (primary N) is 1. The van der Waals surface area contributed by atoms with Gasteiger partial charge in [-0.2, -0.15) is 0 Å². The van der Waals surface area contributed by atoms with Crippen LogP contribution in [0.5, 0.6) is 11.5 Å². The van der Waals surface area contributed by atoms with E-state index in [1.54, 1.807) is 14.2 Å². The van der Waals surface area contributed by atoms with Crippen molar-refractivity contribution in [2.24, 2.45) is 5.73 Å². The summed E-state index contributed by atoms with van der Waals surface area (Å²) in [4.78, 5) is 15.1. The van der Waals surface area contributed by atoms with Crippen LogP contribution >= 0.6 is 0 Å². The normalized spacial score (nSPS) is 17.4. The molecule has 5 heteroatoms. The van der Waals surface area contributed by atoms with E-state index in [0.29, 0.717) is 31.7 Å². The Labute approximate surface area is 153 Å². The number of carbonyl (C=O) groups excluding carboxylic acids is 1. The Morgan fingerprint density at radius 3 is 2.15 bits per heavy atom. The molecular formula is C21H24N2O3. The minimum Gasteiger partial charge on any atom is -0.493 e. The lowest BCUT2D eigenvalue weighted by Crippen LogP contribution is -2.57. The van der Waals surface area contributed by atoms with E-state index >= 15 is 0 Å². The maximum atomic E-state index is 13.2. The third-order valence-electron chi connectivity index (χ3n) is 5.56. The molecule has 0 fully saturated rings. The molecule has 0 atom stereocenters. The summed E-state index contributed by atoms with van der Waals surface area (Å²) in [6.07, 6.45) is 2.01. The number of nitrogens with zero attached hydrogens (tertiary/aromatic N) is 1. The topological polar surface area (TPSA) is 64.8 Å². The van der Waals surface area contributed by atoms with Gasteiger partial charge in [-0.1, -0.05) is 24.3 Å². The van der Waals surface area contributed by atoms with Crippen LogP contribution in [-0.2, 0) is 30.6 Å². The van der Waals surface area contributed by atoms with E-state index in [1.807, 2.05) is 29.2 Å². The fourth-order valence-electron chi connectivity index (χ4n) is 4.17. The van der Waals surface area contributed by atoms with Crippen molar-refractivity contribution < 1.29 is 14.3 Å². The summed E-state index contributed by atoms with van der Waals surface area (Å²) >= 11 is 0. The van der Waals surface area contributed by atoms with Crippen LogP contribution in [0.1, 0.15) is 22.3 Å². The summed E-state index contributed by atoms with van der Waals surface area (Å²) in [7, 11) is 3.26. The Kier molecular flexibility index (Phi) is 4.11. The van der Waals surface area contributed by atoms with E-state index in [-0.39, 0.29) is 5.91 Å². The zero-order valence-corrected chi connectivity index (χ0v) is 15.2. The molecule has 0 bridgehead atoms. The van der Waals surface area contributed by atoms with Crippen LogP contribution in [0.15, 0.2) is 36.4 Å². The molecule has 0 saturated heterocycles. The summed E-state index contributed by atoms with van der Waals surface area (Å²) in [5, 5.41) is 0. The molecule has 2 N–H and O–H groups in total. The van der Waals surface area contributed by atoms with E-state index in [0.717, 1.165) is 17.7 Å². The minimum absolute atomic E-state index is 0.0362. The highest BCUT2D eigenvalue weighted by atomic mass is 16.5. The number of ether oxygens (including phenoxy) is 2. The Morgan fingerprint density at radius 1 is 1.00 bits per heavy atom. The first-order chi connectivity index (χ1) is 12.5. The molecule has 5 nitrogen and oxygen atoms in total. The van der Waals surface area contributed by atoms with Crippen LogP contribution < -0.4 is 15.2 Å². The molecule has 0 radical (unpaired) electrons. The van der Waals surface area contributed by atoms with Crippen molar-refractivity contribution in [3.63, 3.8) is 0 Å². The van der Waals surface area contributed by atoms with Gasteiger partial charge in [0.15, 0.2) is 11.5 Å². The fourth-order valence-corrected chi connectivity index (χ4v) is 4.17. The molecule has 1 aliphatic heterocycles. The number of benzene rings is 2. The first kappa shape index (κ1) is 16.9. The number of methoxy groups -OCH3 is 2. The number of hydrogen-bond donors (Lipinski definition) is 1. The number of fused-ring (bicyclic) bond motifs is 2. The molecule has 0 spiro atoms. The molecule has 1 heterocycles. The van der Waals surface area contributed by atoms with E-state index in [9.17, 15) is 4.79 Å². The number of amides is 1. The summed E-state index contributed by atoms with van der Waals surface area (Å²) in [5.74, 6) is 1.46. The highest BCUT2D eigenvalue weighted by Crippen LogP contribution is 2.35. The molecule has 0 unspecified atom stereocenters. The maximum Gasteiger partial charge on any atom is 0.243 e. The van der Waals surface area contributed by atoms with E-state index in [4.69, 9.17) is 15.2 Å². The molecule has 1 aliphatic carbocycles. The van der Waals surface area contributed by atoms with Gasteiger partial charge in [0.05, 0.1) is 14.2 Å². The molecule has 1 amide bonds. The van der Waals surface area contributed by atoms with E-state index in [1.165, 1.54) is 16.7 Å². The first-order valence-corrected chi connectivity index (χ1v) is 8.93.